The number of hydrogen-bond donors (Lipinski definition) is 0. The van der Waals surface area contributed by atoms with Gasteiger partial charge in [-0.1, -0.05) is 42.5 Å². The Bertz CT molecular complexity index is 842. The molecule has 0 saturated carbocycles. The first-order chi connectivity index (χ1) is 12.3. The van der Waals surface area contributed by atoms with Crippen molar-refractivity contribution in [2.45, 2.75) is 18.3 Å². The molecule has 4 nitrogen and oxygen atoms in total. The summed E-state index contributed by atoms with van der Waals surface area (Å²) in [6, 6.07) is 20.4. The lowest BCUT2D eigenvalue weighted by molar-refractivity contribution is 0.414. The highest BCUT2D eigenvalue weighted by atomic mass is 16.5. The van der Waals surface area contributed by atoms with Gasteiger partial charge < -0.3 is 4.74 Å². The van der Waals surface area contributed by atoms with Gasteiger partial charge in [-0.3, -0.25) is 9.97 Å². The van der Waals surface area contributed by atoms with Gasteiger partial charge in [-0.05, 0) is 36.1 Å². The van der Waals surface area contributed by atoms with Crippen molar-refractivity contribution in [2.24, 2.45) is 0 Å². The van der Waals surface area contributed by atoms with E-state index in [0.717, 1.165) is 16.9 Å². The fourth-order valence-corrected chi connectivity index (χ4v) is 2.96. The first-order valence-corrected chi connectivity index (χ1v) is 8.10. The average molecular weight is 329 g/mol. The Kier molecular flexibility index (Phi) is 5.06. The van der Waals surface area contributed by atoms with E-state index < -0.39 is 5.41 Å². The monoisotopic (exact) mass is 329 g/mol. The SMILES string of the molecule is COc1ccc(CC(C#N)(Cc2ccccc2)c2cnccn2)cc1. The van der Waals surface area contributed by atoms with E-state index in [1.165, 1.54) is 0 Å². The number of methoxy groups -OCH3 is 1. The predicted octanol–water partition coefficient (Wildman–Crippen LogP) is 3.73. The summed E-state index contributed by atoms with van der Waals surface area (Å²) >= 11 is 0. The minimum Gasteiger partial charge on any atom is -0.497 e. The summed E-state index contributed by atoms with van der Waals surface area (Å²) < 4.78 is 5.22. The molecule has 4 heteroatoms. The van der Waals surface area contributed by atoms with Crippen LogP contribution in [0.15, 0.2) is 73.2 Å². The topological polar surface area (TPSA) is 58.8 Å². The van der Waals surface area contributed by atoms with Crippen molar-refractivity contribution < 1.29 is 4.74 Å². The number of hydrogen-bond acceptors (Lipinski definition) is 4. The third-order valence-corrected chi connectivity index (χ3v) is 4.28. The zero-order valence-corrected chi connectivity index (χ0v) is 14.1. The molecule has 1 aromatic heterocycles. The van der Waals surface area contributed by atoms with Crippen LogP contribution in [0.1, 0.15) is 16.8 Å². The summed E-state index contributed by atoms with van der Waals surface area (Å²) in [6.45, 7) is 0. The number of benzene rings is 2. The zero-order chi connectivity index (χ0) is 17.5. The van der Waals surface area contributed by atoms with Crippen molar-refractivity contribution in [3.05, 3.63) is 90.0 Å². The van der Waals surface area contributed by atoms with Crippen molar-refractivity contribution in [3.8, 4) is 11.8 Å². The minimum absolute atomic E-state index is 0.557. The van der Waals surface area contributed by atoms with Crippen LogP contribution in [-0.4, -0.2) is 17.1 Å². The normalized spacial score (nSPS) is 12.8. The van der Waals surface area contributed by atoms with E-state index in [-0.39, 0.29) is 0 Å². The lowest BCUT2D eigenvalue weighted by Crippen LogP contribution is -2.31. The number of ether oxygens (including phenoxy) is 1. The Balaban J connectivity index is 1.99. The van der Waals surface area contributed by atoms with Crippen molar-refractivity contribution in [1.82, 2.24) is 9.97 Å². The Morgan fingerprint density at radius 3 is 2.20 bits per heavy atom. The average Bonchev–Trinajstić information content (AvgIpc) is 2.69. The summed E-state index contributed by atoms with van der Waals surface area (Å²) in [6.07, 6.45) is 6.09. The van der Waals surface area contributed by atoms with Gasteiger partial charge in [0.25, 0.3) is 0 Å². The van der Waals surface area contributed by atoms with Crippen LogP contribution in [0.25, 0.3) is 0 Å². The molecular formula is C21H19N3O. The van der Waals surface area contributed by atoms with E-state index in [0.29, 0.717) is 18.5 Å². The van der Waals surface area contributed by atoms with Crippen LogP contribution in [0.2, 0.25) is 0 Å². The van der Waals surface area contributed by atoms with E-state index in [1.807, 2.05) is 54.6 Å². The van der Waals surface area contributed by atoms with Gasteiger partial charge >= 0.3 is 0 Å². The molecular weight excluding hydrogens is 310 g/mol. The maximum atomic E-state index is 10.1. The molecule has 3 aromatic rings. The molecule has 0 aliphatic carbocycles. The summed E-state index contributed by atoms with van der Waals surface area (Å²) in [5.41, 5.74) is 2.08. The molecule has 0 N–H and O–H groups in total. The quantitative estimate of drug-likeness (QED) is 0.691. The largest absolute Gasteiger partial charge is 0.497 e. The Morgan fingerprint density at radius 1 is 0.960 bits per heavy atom. The van der Waals surface area contributed by atoms with Crippen molar-refractivity contribution in [3.63, 3.8) is 0 Å². The zero-order valence-electron chi connectivity index (χ0n) is 14.1. The van der Waals surface area contributed by atoms with Crippen LogP contribution in [0.5, 0.6) is 5.75 Å². The Hall–Kier alpha value is -3.19. The van der Waals surface area contributed by atoms with Gasteiger partial charge in [0, 0.05) is 12.4 Å². The third kappa shape index (κ3) is 3.84. The number of aromatic nitrogens is 2. The fraction of sp³-hybridized carbons (Fsp3) is 0.190. The highest BCUT2D eigenvalue weighted by molar-refractivity contribution is 5.36. The summed E-state index contributed by atoms with van der Waals surface area (Å²) in [5.74, 6) is 0.800. The molecule has 124 valence electrons. The van der Waals surface area contributed by atoms with Gasteiger partial charge in [-0.15, -0.1) is 0 Å². The lowest BCUT2D eigenvalue weighted by atomic mass is 9.75. The number of rotatable bonds is 6. The Morgan fingerprint density at radius 2 is 1.64 bits per heavy atom. The van der Waals surface area contributed by atoms with Crippen LogP contribution in [0.3, 0.4) is 0 Å². The number of nitriles is 1. The lowest BCUT2D eigenvalue weighted by Gasteiger charge is -2.26. The summed E-state index contributed by atoms with van der Waals surface area (Å²) in [5, 5.41) is 10.1. The first kappa shape index (κ1) is 16.7. The van der Waals surface area contributed by atoms with Crippen LogP contribution in [-0.2, 0) is 18.3 Å². The van der Waals surface area contributed by atoms with Crippen LogP contribution in [0, 0.1) is 11.3 Å². The molecule has 1 unspecified atom stereocenters. The van der Waals surface area contributed by atoms with Gasteiger partial charge in [0.05, 0.1) is 25.1 Å². The van der Waals surface area contributed by atoms with Crippen LogP contribution >= 0.6 is 0 Å². The highest BCUT2D eigenvalue weighted by Crippen LogP contribution is 2.31. The standard InChI is InChI=1S/C21H19N3O/c1-25-19-9-7-18(8-10-19)14-21(16-22,20-15-23-11-12-24-20)13-17-5-3-2-4-6-17/h2-12,15H,13-14H2,1H3. The van der Waals surface area contributed by atoms with Crippen LogP contribution in [0.4, 0.5) is 0 Å². The van der Waals surface area contributed by atoms with Gasteiger partial charge in [-0.25, -0.2) is 0 Å². The molecule has 3 rings (SSSR count). The van der Waals surface area contributed by atoms with Crippen LogP contribution < -0.4 is 4.74 Å². The van der Waals surface area contributed by atoms with E-state index in [4.69, 9.17) is 4.74 Å². The maximum absolute atomic E-state index is 10.1. The van der Waals surface area contributed by atoms with Gasteiger partial charge in [-0.2, -0.15) is 5.26 Å². The minimum atomic E-state index is -0.774. The predicted molar refractivity (Wildman–Crippen MR) is 96.2 cm³/mol. The number of nitrogens with zero attached hydrogens (tertiary/aromatic N) is 3. The van der Waals surface area contributed by atoms with Gasteiger partial charge in [0.15, 0.2) is 0 Å². The highest BCUT2D eigenvalue weighted by Gasteiger charge is 2.35. The maximum Gasteiger partial charge on any atom is 0.118 e. The van der Waals surface area contributed by atoms with Crippen molar-refractivity contribution in [2.75, 3.05) is 7.11 Å². The fourth-order valence-electron chi connectivity index (χ4n) is 2.96. The van der Waals surface area contributed by atoms with Crippen molar-refractivity contribution >= 4 is 0 Å². The third-order valence-electron chi connectivity index (χ3n) is 4.28. The second-order valence-electron chi connectivity index (χ2n) is 5.97. The molecule has 0 aliphatic heterocycles. The molecule has 0 saturated heterocycles. The van der Waals surface area contributed by atoms with Crippen molar-refractivity contribution in [1.29, 1.82) is 5.26 Å². The van der Waals surface area contributed by atoms with E-state index in [1.54, 1.807) is 25.7 Å². The molecule has 0 fully saturated rings. The molecule has 2 aromatic carbocycles. The second kappa shape index (κ2) is 7.59. The second-order valence-corrected chi connectivity index (χ2v) is 5.97. The molecule has 0 amide bonds. The smallest absolute Gasteiger partial charge is 0.118 e. The Labute approximate surface area is 147 Å². The molecule has 0 bridgehead atoms. The van der Waals surface area contributed by atoms with E-state index in [9.17, 15) is 5.26 Å². The first-order valence-electron chi connectivity index (χ1n) is 8.10. The molecule has 0 aliphatic rings. The molecule has 1 heterocycles. The van der Waals surface area contributed by atoms with E-state index in [2.05, 4.69) is 16.0 Å². The van der Waals surface area contributed by atoms with Gasteiger partial charge in [0.2, 0.25) is 0 Å². The molecule has 0 radical (unpaired) electrons. The van der Waals surface area contributed by atoms with Gasteiger partial charge in [0.1, 0.15) is 11.2 Å². The molecule has 0 spiro atoms. The molecule has 25 heavy (non-hydrogen) atoms. The summed E-state index contributed by atoms with van der Waals surface area (Å²) in [7, 11) is 1.64. The van der Waals surface area contributed by atoms with E-state index >= 15 is 0 Å². The molecule has 1 atom stereocenters. The summed E-state index contributed by atoms with van der Waals surface area (Å²) in [4.78, 5) is 8.61.